The van der Waals surface area contributed by atoms with Gasteiger partial charge in [-0.1, -0.05) is 36.0 Å². The molecule has 4 nitrogen and oxygen atoms in total. The molecule has 0 aliphatic carbocycles. The number of pyridine rings is 1. The highest BCUT2D eigenvalue weighted by molar-refractivity contribution is 7.99. The number of hydrogen-bond donors (Lipinski definition) is 2. The van der Waals surface area contributed by atoms with Crippen LogP contribution in [0.1, 0.15) is 21.6 Å². The zero-order valence-corrected chi connectivity index (χ0v) is 14.6. The van der Waals surface area contributed by atoms with Gasteiger partial charge in [0, 0.05) is 32.8 Å². The Kier molecular flexibility index (Phi) is 5.47. The number of carbonyl (C=O) groups is 1. The molecule has 0 atom stereocenters. The van der Waals surface area contributed by atoms with Crippen molar-refractivity contribution in [2.75, 3.05) is 5.73 Å². The maximum absolute atomic E-state index is 11.1. The molecule has 5 heteroatoms. The summed E-state index contributed by atoms with van der Waals surface area (Å²) in [7, 11) is 0. The Bertz CT molecular complexity index is 1020. The molecule has 0 amide bonds. The van der Waals surface area contributed by atoms with Gasteiger partial charge in [-0.2, -0.15) is 0 Å². The van der Waals surface area contributed by atoms with E-state index in [4.69, 9.17) is 11.1 Å². The normalized spacial score (nSPS) is 9.85. The number of hydrogen-bond acceptors (Lipinski definition) is 5. The third-order valence-electron chi connectivity index (χ3n) is 3.55. The topological polar surface area (TPSA) is 79.8 Å². The van der Waals surface area contributed by atoms with Crippen LogP contribution in [0.5, 0.6) is 0 Å². The Hall–Kier alpha value is -3.36. The summed E-state index contributed by atoms with van der Waals surface area (Å²) in [6, 6.07) is 18.3. The van der Waals surface area contributed by atoms with Gasteiger partial charge < -0.3 is 5.73 Å². The van der Waals surface area contributed by atoms with Crippen LogP contribution < -0.4 is 5.73 Å². The standard InChI is InChI=1S/C21H15N3OS/c22-19(11-8-16-6-3-4-12-24-16)18-10-9-17(13-20(18)23)26-21-7-2-1-5-15(21)14-25/h1-7,9-10,12-14,22H,23H2. The SMILES string of the molecule is N=C(C#Cc1ccccn1)c1ccc(Sc2ccccc2C=O)cc1N. The number of nitrogens with zero attached hydrogens (tertiary/aromatic N) is 1. The minimum absolute atomic E-state index is 0.137. The van der Waals surface area contributed by atoms with Gasteiger partial charge in [0.1, 0.15) is 11.4 Å². The van der Waals surface area contributed by atoms with E-state index in [1.807, 2.05) is 36.4 Å². The molecule has 2 aromatic carbocycles. The summed E-state index contributed by atoms with van der Waals surface area (Å²) in [6.45, 7) is 0. The van der Waals surface area contributed by atoms with Crippen molar-refractivity contribution < 1.29 is 4.79 Å². The molecule has 126 valence electrons. The molecular weight excluding hydrogens is 342 g/mol. The molecule has 0 fully saturated rings. The number of nitrogen functional groups attached to an aromatic ring is 1. The predicted octanol–water partition coefficient (Wildman–Crippen LogP) is 4.05. The van der Waals surface area contributed by atoms with Gasteiger partial charge in [0.25, 0.3) is 0 Å². The van der Waals surface area contributed by atoms with Crippen molar-refractivity contribution in [1.29, 1.82) is 5.41 Å². The van der Waals surface area contributed by atoms with Crippen molar-refractivity contribution in [3.05, 3.63) is 83.7 Å². The van der Waals surface area contributed by atoms with Crippen LogP contribution in [0, 0.1) is 17.3 Å². The number of nitrogens with two attached hydrogens (primary N) is 1. The molecule has 0 aliphatic rings. The number of carbonyl (C=O) groups excluding carboxylic acids is 1. The highest BCUT2D eigenvalue weighted by atomic mass is 32.2. The van der Waals surface area contributed by atoms with Crippen LogP contribution in [-0.4, -0.2) is 17.0 Å². The summed E-state index contributed by atoms with van der Waals surface area (Å²) in [5.41, 5.74) is 8.53. The van der Waals surface area contributed by atoms with Gasteiger partial charge in [0.15, 0.2) is 6.29 Å². The van der Waals surface area contributed by atoms with E-state index in [1.165, 1.54) is 11.8 Å². The van der Waals surface area contributed by atoms with Crippen LogP contribution in [0.15, 0.2) is 76.7 Å². The van der Waals surface area contributed by atoms with Crippen LogP contribution in [0.3, 0.4) is 0 Å². The highest BCUT2D eigenvalue weighted by Crippen LogP contribution is 2.31. The Morgan fingerprint density at radius 3 is 2.65 bits per heavy atom. The summed E-state index contributed by atoms with van der Waals surface area (Å²) < 4.78 is 0. The first-order chi connectivity index (χ1) is 12.7. The maximum Gasteiger partial charge on any atom is 0.151 e. The van der Waals surface area contributed by atoms with E-state index in [0.717, 1.165) is 16.1 Å². The minimum atomic E-state index is 0.137. The van der Waals surface area contributed by atoms with Crippen molar-refractivity contribution in [2.24, 2.45) is 0 Å². The minimum Gasteiger partial charge on any atom is -0.398 e. The monoisotopic (exact) mass is 357 g/mol. The summed E-state index contributed by atoms with van der Waals surface area (Å²) in [5, 5.41) is 8.14. The lowest BCUT2D eigenvalue weighted by Crippen LogP contribution is -2.01. The van der Waals surface area contributed by atoms with Crippen LogP contribution in [0.25, 0.3) is 0 Å². The van der Waals surface area contributed by atoms with Gasteiger partial charge in [0.2, 0.25) is 0 Å². The maximum atomic E-state index is 11.1. The zero-order valence-electron chi connectivity index (χ0n) is 13.8. The van der Waals surface area contributed by atoms with Crippen LogP contribution in [-0.2, 0) is 0 Å². The van der Waals surface area contributed by atoms with E-state index >= 15 is 0 Å². The smallest absolute Gasteiger partial charge is 0.151 e. The highest BCUT2D eigenvalue weighted by Gasteiger charge is 2.08. The molecule has 0 saturated carbocycles. The third kappa shape index (κ3) is 4.18. The second-order valence-corrected chi connectivity index (χ2v) is 6.46. The number of rotatable bonds is 4. The average Bonchev–Trinajstić information content (AvgIpc) is 2.67. The molecule has 3 rings (SSSR count). The van der Waals surface area contributed by atoms with Crippen LogP contribution in [0.4, 0.5) is 5.69 Å². The van der Waals surface area contributed by atoms with Crippen molar-refractivity contribution >= 4 is 29.4 Å². The molecule has 0 radical (unpaired) electrons. The van der Waals surface area contributed by atoms with Crippen molar-refractivity contribution in [3.8, 4) is 11.8 Å². The van der Waals surface area contributed by atoms with E-state index < -0.39 is 0 Å². The first kappa shape index (κ1) is 17.5. The van der Waals surface area contributed by atoms with Gasteiger partial charge in [-0.15, -0.1) is 0 Å². The molecule has 0 aliphatic heterocycles. The second kappa shape index (κ2) is 8.15. The number of benzene rings is 2. The molecule has 26 heavy (non-hydrogen) atoms. The molecule has 0 spiro atoms. The fraction of sp³-hybridized carbons (Fsp3) is 0. The van der Waals surface area contributed by atoms with Crippen molar-refractivity contribution in [1.82, 2.24) is 4.98 Å². The lowest BCUT2D eigenvalue weighted by Gasteiger charge is -2.08. The van der Waals surface area contributed by atoms with E-state index in [0.29, 0.717) is 22.5 Å². The van der Waals surface area contributed by atoms with Crippen LogP contribution >= 0.6 is 11.8 Å². The lowest BCUT2D eigenvalue weighted by atomic mass is 10.1. The summed E-state index contributed by atoms with van der Waals surface area (Å²) in [5.74, 6) is 5.64. The molecule has 0 bridgehead atoms. The number of aromatic nitrogens is 1. The fourth-order valence-corrected chi connectivity index (χ4v) is 3.22. The largest absolute Gasteiger partial charge is 0.398 e. The summed E-state index contributed by atoms with van der Waals surface area (Å²) >= 11 is 1.46. The Labute approximate surface area is 156 Å². The number of anilines is 1. The first-order valence-corrected chi connectivity index (χ1v) is 8.62. The Morgan fingerprint density at radius 2 is 1.92 bits per heavy atom. The quantitative estimate of drug-likeness (QED) is 0.319. The van der Waals surface area contributed by atoms with E-state index in [2.05, 4.69) is 16.8 Å². The third-order valence-corrected chi connectivity index (χ3v) is 4.63. The first-order valence-electron chi connectivity index (χ1n) is 7.81. The Morgan fingerprint density at radius 1 is 1.12 bits per heavy atom. The Balaban J connectivity index is 1.80. The van der Waals surface area contributed by atoms with Crippen LogP contribution in [0.2, 0.25) is 0 Å². The van der Waals surface area contributed by atoms with Crippen molar-refractivity contribution in [3.63, 3.8) is 0 Å². The molecule has 1 heterocycles. The van der Waals surface area contributed by atoms with Gasteiger partial charge in [-0.3, -0.25) is 10.2 Å². The molecule has 0 unspecified atom stereocenters. The van der Waals surface area contributed by atoms with E-state index in [-0.39, 0.29) is 5.71 Å². The lowest BCUT2D eigenvalue weighted by molar-refractivity contribution is 0.112. The summed E-state index contributed by atoms with van der Waals surface area (Å²) in [6.07, 6.45) is 2.49. The van der Waals surface area contributed by atoms with Gasteiger partial charge >= 0.3 is 0 Å². The molecule has 1 aromatic heterocycles. The molecule has 3 N–H and O–H groups in total. The molecule has 3 aromatic rings. The summed E-state index contributed by atoms with van der Waals surface area (Å²) in [4.78, 5) is 17.0. The zero-order chi connectivity index (χ0) is 18.4. The predicted molar refractivity (Wildman–Crippen MR) is 105 cm³/mol. The van der Waals surface area contributed by atoms with Gasteiger partial charge in [-0.25, -0.2) is 4.98 Å². The average molecular weight is 357 g/mol. The number of aldehydes is 1. The van der Waals surface area contributed by atoms with Gasteiger partial charge in [0.05, 0.1) is 0 Å². The molecule has 0 saturated heterocycles. The molecular formula is C21H15N3OS. The van der Waals surface area contributed by atoms with E-state index in [1.54, 1.807) is 30.5 Å². The van der Waals surface area contributed by atoms with E-state index in [9.17, 15) is 4.79 Å². The van der Waals surface area contributed by atoms with Gasteiger partial charge in [-0.05, 0) is 48.2 Å². The second-order valence-electron chi connectivity index (χ2n) is 5.35. The fourth-order valence-electron chi connectivity index (χ4n) is 2.26. The van der Waals surface area contributed by atoms with Crippen molar-refractivity contribution in [2.45, 2.75) is 9.79 Å². The number of nitrogens with one attached hydrogen (secondary N) is 1.